The van der Waals surface area contributed by atoms with Gasteiger partial charge in [0.15, 0.2) is 5.11 Å². The molecule has 1 N–H and O–H groups in total. The molecule has 1 saturated heterocycles. The van der Waals surface area contributed by atoms with Gasteiger partial charge in [-0.1, -0.05) is 6.07 Å². The van der Waals surface area contributed by atoms with Crippen molar-refractivity contribution in [3.05, 3.63) is 76.3 Å². The monoisotopic (exact) mass is 482 g/mol. The van der Waals surface area contributed by atoms with E-state index in [9.17, 15) is 14.9 Å². The van der Waals surface area contributed by atoms with Gasteiger partial charge in [0.05, 0.1) is 42.0 Å². The van der Waals surface area contributed by atoms with E-state index in [0.29, 0.717) is 27.9 Å². The highest BCUT2D eigenvalue weighted by atomic mass is 32.1. The molecule has 176 valence electrons. The fourth-order valence-corrected chi connectivity index (χ4v) is 4.19. The van der Waals surface area contributed by atoms with Gasteiger partial charge in [-0.05, 0) is 49.5 Å². The number of nitrogens with one attached hydrogen (secondary N) is 1. The van der Waals surface area contributed by atoms with Gasteiger partial charge in [-0.15, -0.1) is 0 Å². The summed E-state index contributed by atoms with van der Waals surface area (Å²) in [6, 6.07) is 12.5. The number of methoxy groups -OCH3 is 1. The molecule has 2 aromatic heterocycles. The topological polar surface area (TPSA) is 120 Å². The van der Waals surface area contributed by atoms with E-state index in [-0.39, 0.29) is 24.9 Å². The van der Waals surface area contributed by atoms with Crippen LogP contribution in [0.1, 0.15) is 30.5 Å². The van der Waals surface area contributed by atoms with E-state index in [4.69, 9.17) is 26.1 Å². The number of benzene rings is 1. The van der Waals surface area contributed by atoms with Crippen LogP contribution in [0.25, 0.3) is 11.3 Å². The lowest BCUT2D eigenvalue weighted by Gasteiger charge is -2.25. The largest absolute Gasteiger partial charge is 0.496 e. The fraction of sp³-hybridized carbons (Fsp3) is 0.261. The van der Waals surface area contributed by atoms with Crippen molar-refractivity contribution in [2.24, 2.45) is 0 Å². The van der Waals surface area contributed by atoms with E-state index in [1.165, 1.54) is 19.2 Å². The molecule has 0 aliphatic carbocycles. The van der Waals surface area contributed by atoms with Crippen molar-refractivity contribution in [1.29, 1.82) is 0 Å². The molecule has 1 aliphatic heterocycles. The highest BCUT2D eigenvalue weighted by molar-refractivity contribution is 7.80. The summed E-state index contributed by atoms with van der Waals surface area (Å²) in [5, 5.41) is 14.7. The van der Waals surface area contributed by atoms with E-state index in [1.807, 2.05) is 18.2 Å². The van der Waals surface area contributed by atoms with Crippen LogP contribution in [-0.2, 0) is 9.53 Å². The summed E-state index contributed by atoms with van der Waals surface area (Å²) < 4.78 is 16.7. The van der Waals surface area contributed by atoms with E-state index < -0.39 is 16.9 Å². The summed E-state index contributed by atoms with van der Waals surface area (Å²) in [5.41, 5.74) is 1.19. The third kappa shape index (κ3) is 4.55. The Morgan fingerprint density at radius 1 is 1.29 bits per heavy atom. The Labute approximate surface area is 200 Å². The number of rotatable bonds is 8. The number of hydrogen-bond acceptors (Lipinski definition) is 8. The molecule has 0 saturated carbocycles. The van der Waals surface area contributed by atoms with E-state index in [2.05, 4.69) is 10.3 Å². The highest BCUT2D eigenvalue weighted by Crippen LogP contribution is 2.42. The zero-order valence-corrected chi connectivity index (χ0v) is 19.3. The zero-order valence-electron chi connectivity index (χ0n) is 18.5. The fourth-order valence-electron chi connectivity index (χ4n) is 3.88. The highest BCUT2D eigenvalue weighted by Gasteiger charge is 2.42. The summed E-state index contributed by atoms with van der Waals surface area (Å²) in [7, 11) is 1.43. The second-order valence-corrected chi connectivity index (χ2v) is 7.79. The molecule has 3 aromatic rings. The van der Waals surface area contributed by atoms with E-state index in [0.717, 1.165) is 5.69 Å². The van der Waals surface area contributed by atoms with Crippen LogP contribution < -0.4 is 10.1 Å². The standard InChI is InChI=1S/C23H22N4O6S/c1-3-32-20(28)13-26-22(21(25-23(26)34)16-6-4-5-11-24-16)18-10-9-17(33-18)15-8-7-14(27(29)30)12-19(15)31-2/h4-12,21-22H,3,13H2,1-2H3,(H,25,34)/t21-,22-/m1/s1. The average molecular weight is 483 g/mol. The van der Waals surface area contributed by atoms with E-state index in [1.54, 1.807) is 36.2 Å². The molecule has 3 heterocycles. The van der Waals surface area contributed by atoms with Gasteiger partial charge in [-0.2, -0.15) is 0 Å². The number of thiocarbonyl (C=S) groups is 1. The van der Waals surface area contributed by atoms with Crippen LogP contribution in [0.15, 0.2) is 59.1 Å². The maximum Gasteiger partial charge on any atom is 0.325 e. The molecule has 0 spiro atoms. The molecule has 0 radical (unpaired) electrons. The van der Waals surface area contributed by atoms with E-state index >= 15 is 0 Å². The van der Waals surface area contributed by atoms with Gasteiger partial charge >= 0.3 is 5.97 Å². The minimum Gasteiger partial charge on any atom is -0.496 e. The van der Waals surface area contributed by atoms with Crippen LogP contribution in [0.2, 0.25) is 0 Å². The molecule has 0 amide bonds. The number of esters is 1. The molecule has 1 fully saturated rings. The molecular weight excluding hydrogens is 460 g/mol. The Bertz CT molecular complexity index is 1220. The maximum absolute atomic E-state index is 12.3. The lowest BCUT2D eigenvalue weighted by Crippen LogP contribution is -2.35. The number of non-ortho nitro benzene ring substituents is 1. The van der Waals surface area contributed by atoms with Crippen LogP contribution >= 0.6 is 12.2 Å². The van der Waals surface area contributed by atoms with Crippen LogP contribution in [-0.4, -0.2) is 46.2 Å². The third-order valence-electron chi connectivity index (χ3n) is 5.38. The smallest absolute Gasteiger partial charge is 0.325 e. The Balaban J connectivity index is 1.73. The Hall–Kier alpha value is -3.99. The number of pyridine rings is 1. The zero-order chi connectivity index (χ0) is 24.2. The second-order valence-electron chi connectivity index (χ2n) is 7.40. The van der Waals surface area contributed by atoms with Gasteiger partial charge < -0.3 is 24.1 Å². The molecule has 4 rings (SSSR count). The number of carbonyl (C=O) groups is 1. The van der Waals surface area contributed by atoms with Crippen LogP contribution in [0.4, 0.5) is 5.69 Å². The Kier molecular flexibility index (Phi) is 6.73. The van der Waals surface area contributed by atoms with Gasteiger partial charge in [0, 0.05) is 12.3 Å². The van der Waals surface area contributed by atoms with Crippen molar-refractivity contribution in [2.45, 2.75) is 19.0 Å². The number of nitro groups is 1. The van der Waals surface area contributed by atoms with Gasteiger partial charge in [-0.3, -0.25) is 19.9 Å². The predicted molar refractivity (Wildman–Crippen MR) is 126 cm³/mol. The summed E-state index contributed by atoms with van der Waals surface area (Å²) >= 11 is 5.53. The van der Waals surface area contributed by atoms with Crippen molar-refractivity contribution in [3.8, 4) is 17.1 Å². The van der Waals surface area contributed by atoms with Gasteiger partial charge in [0.1, 0.15) is 29.9 Å². The first-order valence-corrected chi connectivity index (χ1v) is 10.9. The van der Waals surface area contributed by atoms with Crippen LogP contribution in [0.3, 0.4) is 0 Å². The molecule has 11 heteroatoms. The number of nitrogens with zero attached hydrogens (tertiary/aromatic N) is 3. The first kappa shape index (κ1) is 23.2. The first-order chi connectivity index (χ1) is 16.4. The number of nitro benzene ring substituents is 1. The second kappa shape index (κ2) is 9.87. The predicted octanol–water partition coefficient (Wildman–Crippen LogP) is 3.79. The molecule has 2 atom stereocenters. The quantitative estimate of drug-likeness (QED) is 0.220. The third-order valence-corrected chi connectivity index (χ3v) is 5.73. The molecule has 1 aliphatic rings. The summed E-state index contributed by atoms with van der Waals surface area (Å²) in [6.07, 6.45) is 1.68. The SMILES string of the molecule is CCOC(=O)CN1C(=S)N[C@H](c2ccccn2)[C@H]1c1ccc(-c2ccc([N+](=O)[O-])cc2OC)o1. The van der Waals surface area contributed by atoms with Gasteiger partial charge in [0.25, 0.3) is 5.69 Å². The van der Waals surface area contributed by atoms with Gasteiger partial charge in [-0.25, -0.2) is 0 Å². The molecule has 1 aromatic carbocycles. The molecular formula is C23H22N4O6S. The molecule has 0 bridgehead atoms. The van der Waals surface area contributed by atoms with Crippen molar-refractivity contribution in [1.82, 2.24) is 15.2 Å². The molecule has 0 unspecified atom stereocenters. The number of aromatic nitrogens is 1. The summed E-state index contributed by atoms with van der Waals surface area (Å²) in [6.45, 7) is 1.93. The summed E-state index contributed by atoms with van der Waals surface area (Å²) in [5.74, 6) is 0.875. The maximum atomic E-state index is 12.3. The molecule has 10 nitrogen and oxygen atoms in total. The Morgan fingerprint density at radius 2 is 2.12 bits per heavy atom. The first-order valence-electron chi connectivity index (χ1n) is 10.5. The van der Waals surface area contributed by atoms with Crippen molar-refractivity contribution in [2.75, 3.05) is 20.3 Å². The minimum atomic E-state index is -0.490. The normalized spacial score (nSPS) is 17.4. The van der Waals surface area contributed by atoms with Gasteiger partial charge in [0.2, 0.25) is 0 Å². The summed E-state index contributed by atoms with van der Waals surface area (Å²) in [4.78, 5) is 29.1. The Morgan fingerprint density at radius 3 is 2.79 bits per heavy atom. The number of hydrogen-bond donors (Lipinski definition) is 1. The van der Waals surface area contributed by atoms with Crippen molar-refractivity contribution < 1.29 is 23.6 Å². The van der Waals surface area contributed by atoms with Crippen molar-refractivity contribution in [3.63, 3.8) is 0 Å². The minimum absolute atomic E-state index is 0.0649. The number of furan rings is 1. The number of carbonyl (C=O) groups excluding carboxylic acids is 1. The number of ether oxygens (including phenoxy) is 2. The van der Waals surface area contributed by atoms with Crippen molar-refractivity contribution >= 4 is 29.0 Å². The lowest BCUT2D eigenvalue weighted by molar-refractivity contribution is -0.384. The van der Waals surface area contributed by atoms with Crippen LogP contribution in [0, 0.1) is 10.1 Å². The van der Waals surface area contributed by atoms with Crippen LogP contribution in [0.5, 0.6) is 5.75 Å². The average Bonchev–Trinajstić information content (AvgIpc) is 3.44. The molecule has 34 heavy (non-hydrogen) atoms. The lowest BCUT2D eigenvalue weighted by atomic mass is 10.0.